The molecule has 0 saturated heterocycles. The lowest BCUT2D eigenvalue weighted by Crippen LogP contribution is -2.44. The zero-order chi connectivity index (χ0) is 22.8. The number of benzene rings is 2. The van der Waals surface area contributed by atoms with Crippen LogP contribution in [0.2, 0.25) is 0 Å². The lowest BCUT2D eigenvalue weighted by atomic mass is 10.0. The third-order valence-corrected chi connectivity index (χ3v) is 6.59. The van der Waals surface area contributed by atoms with Gasteiger partial charge < -0.3 is 26.6 Å². The number of amides is 1. The van der Waals surface area contributed by atoms with Gasteiger partial charge in [-0.2, -0.15) is 0 Å². The minimum absolute atomic E-state index is 0.0581. The second kappa shape index (κ2) is 9.28. The summed E-state index contributed by atoms with van der Waals surface area (Å²) < 4.78 is 5.73. The van der Waals surface area contributed by atoms with Gasteiger partial charge in [-0.25, -0.2) is 4.98 Å². The summed E-state index contributed by atoms with van der Waals surface area (Å²) in [5.74, 6) is 0.341. The zero-order valence-corrected chi connectivity index (χ0v) is 19.0. The molecule has 1 aromatic heterocycles. The summed E-state index contributed by atoms with van der Waals surface area (Å²) >= 11 is 1.61. The van der Waals surface area contributed by atoms with Gasteiger partial charge in [0.05, 0.1) is 29.3 Å². The Hall–Kier alpha value is -2.94. The van der Waals surface area contributed by atoms with Crippen molar-refractivity contribution in [1.82, 2.24) is 10.3 Å². The van der Waals surface area contributed by atoms with Crippen LogP contribution in [0, 0.1) is 0 Å². The Morgan fingerprint density at radius 3 is 2.88 bits per heavy atom. The van der Waals surface area contributed by atoms with Crippen molar-refractivity contribution >= 4 is 22.9 Å². The first-order valence-corrected chi connectivity index (χ1v) is 11.5. The number of carbonyl (C=O) groups is 1. The molecule has 6 N–H and O–H groups in total. The standard InChI is InChI=1S/C24H28N4O3S/c1-13(2)31-21-9-6-14(10-18(21)25)24-27-11-22(32-24)17-5-3-4-16-15(17)7-8-20(16)28-23(30)19(26)12-29/h3-6,9-11,13,19-20,29H,7-8,12,25-26H2,1-2H3,(H,28,30)/t19-,20-/m1/s1. The molecule has 3 aromatic rings. The number of nitrogens with two attached hydrogens (primary N) is 2. The van der Waals surface area contributed by atoms with Crippen LogP contribution in [-0.2, 0) is 11.2 Å². The molecule has 0 saturated carbocycles. The lowest BCUT2D eigenvalue weighted by molar-refractivity contribution is -0.123. The second-order valence-corrected chi connectivity index (χ2v) is 9.24. The molecular formula is C24H28N4O3S. The molecule has 0 radical (unpaired) electrons. The first-order chi connectivity index (χ1) is 15.4. The summed E-state index contributed by atoms with van der Waals surface area (Å²) in [6.45, 7) is 3.57. The number of rotatable bonds is 7. The van der Waals surface area contributed by atoms with Gasteiger partial charge in [0.15, 0.2) is 0 Å². The Morgan fingerprint density at radius 1 is 1.34 bits per heavy atom. The molecule has 0 bridgehead atoms. The molecule has 2 atom stereocenters. The predicted molar refractivity (Wildman–Crippen MR) is 127 cm³/mol. The Labute approximate surface area is 191 Å². The Kier molecular flexibility index (Phi) is 6.45. The number of carbonyl (C=O) groups excluding carboxylic acids is 1. The number of anilines is 1. The maximum Gasteiger partial charge on any atom is 0.239 e. The van der Waals surface area contributed by atoms with Gasteiger partial charge in [-0.1, -0.05) is 18.2 Å². The summed E-state index contributed by atoms with van der Waals surface area (Å²) in [6, 6.07) is 10.9. The largest absolute Gasteiger partial charge is 0.489 e. The highest BCUT2D eigenvalue weighted by molar-refractivity contribution is 7.18. The van der Waals surface area contributed by atoms with Crippen LogP contribution in [-0.4, -0.2) is 34.8 Å². The molecule has 1 amide bonds. The van der Waals surface area contributed by atoms with Crippen molar-refractivity contribution in [1.29, 1.82) is 0 Å². The third-order valence-electron chi connectivity index (χ3n) is 5.51. The number of nitrogen functional groups attached to an aromatic ring is 1. The number of thiazole rings is 1. The van der Waals surface area contributed by atoms with Crippen molar-refractivity contribution in [3.8, 4) is 26.8 Å². The van der Waals surface area contributed by atoms with Crippen LogP contribution in [0.25, 0.3) is 21.0 Å². The van der Waals surface area contributed by atoms with Crippen molar-refractivity contribution in [2.24, 2.45) is 5.73 Å². The average molecular weight is 453 g/mol. The van der Waals surface area contributed by atoms with E-state index in [0.29, 0.717) is 11.4 Å². The van der Waals surface area contributed by atoms with Crippen LogP contribution in [0.3, 0.4) is 0 Å². The molecule has 8 heteroatoms. The normalized spacial score (nSPS) is 16.1. The van der Waals surface area contributed by atoms with Gasteiger partial charge in [0.1, 0.15) is 16.8 Å². The molecule has 0 spiro atoms. The zero-order valence-electron chi connectivity index (χ0n) is 18.2. The summed E-state index contributed by atoms with van der Waals surface area (Å²) in [5.41, 5.74) is 16.8. The lowest BCUT2D eigenvalue weighted by Gasteiger charge is -2.17. The van der Waals surface area contributed by atoms with Crippen LogP contribution in [0.15, 0.2) is 42.6 Å². The molecule has 2 aromatic carbocycles. The number of hydrogen-bond donors (Lipinski definition) is 4. The highest BCUT2D eigenvalue weighted by atomic mass is 32.1. The number of aromatic nitrogens is 1. The van der Waals surface area contributed by atoms with Crippen molar-refractivity contribution in [2.75, 3.05) is 12.3 Å². The first-order valence-electron chi connectivity index (χ1n) is 10.7. The predicted octanol–water partition coefficient (Wildman–Crippen LogP) is 3.27. The van der Waals surface area contributed by atoms with Gasteiger partial charge >= 0.3 is 0 Å². The van der Waals surface area contributed by atoms with E-state index in [0.717, 1.165) is 39.4 Å². The monoisotopic (exact) mass is 452 g/mol. The number of hydrogen-bond acceptors (Lipinski definition) is 7. The molecule has 168 valence electrons. The van der Waals surface area contributed by atoms with E-state index in [1.807, 2.05) is 50.4 Å². The van der Waals surface area contributed by atoms with Crippen LogP contribution in [0.1, 0.15) is 37.4 Å². The third kappa shape index (κ3) is 4.48. The van der Waals surface area contributed by atoms with E-state index in [2.05, 4.69) is 16.4 Å². The summed E-state index contributed by atoms with van der Waals surface area (Å²) in [4.78, 5) is 17.8. The molecule has 1 aliphatic carbocycles. The van der Waals surface area contributed by atoms with Gasteiger partial charge in [-0.05, 0) is 61.6 Å². The minimum Gasteiger partial charge on any atom is -0.489 e. The highest BCUT2D eigenvalue weighted by Crippen LogP contribution is 2.41. The van der Waals surface area contributed by atoms with Gasteiger partial charge in [0.2, 0.25) is 5.91 Å². The smallest absolute Gasteiger partial charge is 0.239 e. The SMILES string of the molecule is CC(C)Oc1ccc(-c2ncc(-c3cccc4c3CC[C@H]4NC(=O)[C@H](N)CO)s2)cc1N. The molecule has 4 rings (SSSR count). The number of nitrogens with zero attached hydrogens (tertiary/aromatic N) is 1. The fraction of sp³-hybridized carbons (Fsp3) is 0.333. The number of aliphatic hydroxyl groups is 1. The van der Waals surface area contributed by atoms with E-state index in [-0.39, 0.29) is 24.7 Å². The molecule has 1 heterocycles. The summed E-state index contributed by atoms with van der Waals surface area (Å²) in [5, 5.41) is 13.0. The van der Waals surface area contributed by atoms with E-state index in [9.17, 15) is 4.79 Å². The summed E-state index contributed by atoms with van der Waals surface area (Å²) in [6.07, 6.45) is 3.60. The van der Waals surface area contributed by atoms with E-state index >= 15 is 0 Å². The number of ether oxygens (including phenoxy) is 1. The van der Waals surface area contributed by atoms with Gasteiger partial charge in [0, 0.05) is 11.8 Å². The van der Waals surface area contributed by atoms with E-state index in [1.54, 1.807) is 11.3 Å². The van der Waals surface area contributed by atoms with Crippen molar-refractivity contribution in [3.05, 3.63) is 53.7 Å². The fourth-order valence-electron chi connectivity index (χ4n) is 3.97. The van der Waals surface area contributed by atoms with Crippen molar-refractivity contribution in [2.45, 2.75) is 44.9 Å². The van der Waals surface area contributed by atoms with Crippen LogP contribution in [0.4, 0.5) is 5.69 Å². The van der Waals surface area contributed by atoms with E-state index in [4.69, 9.17) is 21.3 Å². The maximum absolute atomic E-state index is 12.1. The summed E-state index contributed by atoms with van der Waals surface area (Å²) in [7, 11) is 0. The Morgan fingerprint density at radius 2 is 2.16 bits per heavy atom. The van der Waals surface area contributed by atoms with E-state index in [1.165, 1.54) is 5.56 Å². The van der Waals surface area contributed by atoms with Gasteiger partial charge in [-0.3, -0.25) is 4.79 Å². The first kappa shape index (κ1) is 22.3. The average Bonchev–Trinajstić information content (AvgIpc) is 3.42. The molecule has 1 aliphatic rings. The molecule has 7 nitrogen and oxygen atoms in total. The highest BCUT2D eigenvalue weighted by Gasteiger charge is 2.28. The molecule has 0 fully saturated rings. The van der Waals surface area contributed by atoms with Crippen LogP contribution < -0.4 is 21.5 Å². The van der Waals surface area contributed by atoms with Crippen LogP contribution >= 0.6 is 11.3 Å². The van der Waals surface area contributed by atoms with Gasteiger partial charge in [0.25, 0.3) is 0 Å². The molecule has 0 aliphatic heterocycles. The second-order valence-electron chi connectivity index (χ2n) is 8.21. The maximum atomic E-state index is 12.1. The van der Waals surface area contributed by atoms with Crippen molar-refractivity contribution < 1.29 is 14.6 Å². The number of fused-ring (bicyclic) bond motifs is 1. The number of nitrogens with one attached hydrogen (secondary N) is 1. The van der Waals surface area contributed by atoms with Crippen molar-refractivity contribution in [3.63, 3.8) is 0 Å². The van der Waals surface area contributed by atoms with E-state index < -0.39 is 6.04 Å². The Balaban J connectivity index is 1.58. The molecular weight excluding hydrogens is 424 g/mol. The number of aliphatic hydroxyl groups excluding tert-OH is 1. The fourth-order valence-corrected chi connectivity index (χ4v) is 4.94. The van der Waals surface area contributed by atoms with Gasteiger partial charge in [-0.15, -0.1) is 11.3 Å². The molecule has 32 heavy (non-hydrogen) atoms. The minimum atomic E-state index is -0.906. The quantitative estimate of drug-likeness (QED) is 0.408. The molecule has 0 unspecified atom stereocenters. The topological polar surface area (TPSA) is 123 Å². The Bertz CT molecular complexity index is 1130. The van der Waals surface area contributed by atoms with Crippen LogP contribution in [0.5, 0.6) is 5.75 Å².